The highest BCUT2D eigenvalue weighted by Gasteiger charge is 2.33. The van der Waals surface area contributed by atoms with Gasteiger partial charge in [-0.05, 0) is 119 Å². The number of carbonyl (C=O) groups excluding carboxylic acids is 16. The van der Waals surface area contributed by atoms with Crippen LogP contribution in [0.4, 0.5) is 0 Å². The first-order valence-corrected chi connectivity index (χ1v) is 35.1. The van der Waals surface area contributed by atoms with Crippen LogP contribution in [-0.4, -0.2) is 213 Å². The second-order valence-corrected chi connectivity index (χ2v) is 24.0. The lowest BCUT2D eigenvalue weighted by Gasteiger charge is -2.19. The maximum Gasteiger partial charge on any atom is 0.347 e. The van der Waals surface area contributed by atoms with Crippen molar-refractivity contribution < 1.29 is 183 Å². The van der Waals surface area contributed by atoms with Gasteiger partial charge in [-0.15, -0.1) is 0 Å². The maximum absolute atomic E-state index is 12.1. The van der Waals surface area contributed by atoms with Gasteiger partial charge >= 0.3 is 107 Å². The Hall–Kier alpha value is -12.7. The minimum atomic E-state index is -1.40. The molecule has 4 rings (SSSR count). The molecule has 0 aliphatic rings. The van der Waals surface area contributed by atoms with Crippen LogP contribution in [0.15, 0.2) is 121 Å². The molecule has 0 heterocycles. The fourth-order valence-corrected chi connectivity index (χ4v) is 7.13. The normalized spacial score (nSPS) is 13.7. The molecule has 14 atom stereocenters. The minimum absolute atomic E-state index is 0.0146. The summed E-state index contributed by atoms with van der Waals surface area (Å²) in [6.45, 7) is 22.9. The number of hydrogen-bond donors (Lipinski definition) is 4. The highest BCUT2D eigenvalue weighted by Crippen LogP contribution is 2.13. The third-order valence-corrected chi connectivity index (χ3v) is 13.3. The summed E-state index contributed by atoms with van der Waals surface area (Å²) >= 11 is 0. The molecule has 0 amide bonds. The summed E-state index contributed by atoms with van der Waals surface area (Å²) < 4.78 is 76.3. The number of aliphatic carboxylic acids is 2. The van der Waals surface area contributed by atoms with E-state index in [2.05, 4.69) is 23.7 Å². The molecule has 640 valence electrons. The number of hydrogen-bond acceptors (Lipinski definition) is 36. The number of benzene rings is 4. The third kappa shape index (κ3) is 49.6. The Kier molecular flexibility index (Phi) is 52.0. The van der Waals surface area contributed by atoms with Gasteiger partial charge in [0.25, 0.3) is 0 Å². The molecular weight excluding hydrogens is 1540 g/mol. The van der Waals surface area contributed by atoms with Crippen LogP contribution in [0.5, 0.6) is 0 Å². The maximum atomic E-state index is 12.1. The van der Waals surface area contributed by atoms with Crippen LogP contribution >= 0.6 is 0 Å². The quantitative estimate of drug-likeness (QED) is 0.0350. The summed E-state index contributed by atoms with van der Waals surface area (Å²) in [5, 5.41) is 34.5. The highest BCUT2D eigenvalue weighted by molar-refractivity contribution is 5.88. The van der Waals surface area contributed by atoms with Crippen molar-refractivity contribution in [1.29, 1.82) is 0 Å². The Morgan fingerprint density at radius 3 is 0.534 bits per heavy atom. The molecule has 0 aromatic heterocycles. The molecule has 38 heteroatoms. The Morgan fingerprint density at radius 2 is 0.362 bits per heavy atom. The number of aliphatic hydroxyl groups is 2. The van der Waals surface area contributed by atoms with Gasteiger partial charge in [-0.2, -0.15) is 0 Å². The predicted molar refractivity (Wildman–Crippen MR) is 393 cm³/mol. The number of ether oxygens (including phenoxy) is 16. The Bertz CT molecular complexity index is 3800. The van der Waals surface area contributed by atoms with Crippen molar-refractivity contribution in [2.24, 2.45) is 0 Å². The van der Waals surface area contributed by atoms with Crippen molar-refractivity contribution in [1.82, 2.24) is 0 Å². The molecule has 0 unspecified atom stereocenters. The molecule has 4 aromatic rings. The van der Waals surface area contributed by atoms with Crippen LogP contribution in [0.25, 0.3) is 0 Å². The SMILES string of the molecule is CC(=O)O[C@@H](C)C(=O)O.CC(=O)O[C@@H](C)C(=O)O[C@H](C)C(=O)OCc1ccccc1.CC(=O)O[C@@H](C)C(=O)O[C@H](C)C(=O)O[C@H](C)C(=O)O[C@H](C)C(=O)O.CC(=O)O[C@@H](C)C(=O)O[C@H](C)C(=O)O[C@H](C)C(=O)O[C@H](C)C(=O)OCc1ccccc1.C[C@H](O)C(=O)OCc1ccccc1.C[C@H](O)C(=O)O[C@H](C)C(=O)OCc1ccccc1. The molecule has 0 spiro atoms. The van der Waals surface area contributed by atoms with Crippen molar-refractivity contribution in [3.63, 3.8) is 0 Å². The molecule has 0 bridgehead atoms. The first-order chi connectivity index (χ1) is 54.1. The first kappa shape index (κ1) is 105. The molecule has 0 aliphatic carbocycles. The molecule has 0 saturated heterocycles. The first-order valence-electron chi connectivity index (χ1n) is 35.1. The summed E-state index contributed by atoms with van der Waals surface area (Å²) in [6, 6.07) is 36.6. The lowest BCUT2D eigenvalue weighted by molar-refractivity contribution is -0.185. The zero-order chi connectivity index (χ0) is 89.1. The predicted octanol–water partition coefficient (Wildman–Crippen LogP) is 5.08. The molecule has 0 fully saturated rings. The zero-order valence-electron chi connectivity index (χ0n) is 67.1. The second-order valence-electron chi connectivity index (χ2n) is 24.0. The van der Waals surface area contributed by atoms with E-state index in [1.807, 2.05) is 97.1 Å². The van der Waals surface area contributed by atoms with E-state index in [0.29, 0.717) is 0 Å². The summed E-state index contributed by atoms with van der Waals surface area (Å²) in [5.74, 6) is -15.4. The van der Waals surface area contributed by atoms with E-state index in [9.17, 15) is 86.3 Å². The van der Waals surface area contributed by atoms with Crippen molar-refractivity contribution in [2.45, 2.75) is 237 Å². The summed E-state index contributed by atoms with van der Waals surface area (Å²) in [5.41, 5.74) is 3.36. The fourth-order valence-electron chi connectivity index (χ4n) is 7.13. The monoisotopic (exact) mass is 1640 g/mol. The van der Waals surface area contributed by atoms with E-state index in [1.165, 1.54) is 104 Å². The molecule has 0 aliphatic heterocycles. The summed E-state index contributed by atoms with van der Waals surface area (Å²) in [7, 11) is 0. The molecule has 4 N–H and O–H groups in total. The van der Waals surface area contributed by atoms with E-state index in [4.69, 9.17) is 72.5 Å². The van der Waals surface area contributed by atoms with E-state index in [1.54, 1.807) is 24.3 Å². The van der Waals surface area contributed by atoms with Gasteiger partial charge in [0, 0.05) is 27.7 Å². The molecule has 0 radical (unpaired) electrons. The summed E-state index contributed by atoms with van der Waals surface area (Å²) in [4.78, 5) is 202. The number of carboxylic acids is 2. The molecule has 0 saturated carbocycles. The average Bonchev–Trinajstić information content (AvgIpc) is 0.904. The molecular formula is C78H100O38. The number of esters is 16. The van der Waals surface area contributed by atoms with Crippen LogP contribution in [0.2, 0.25) is 0 Å². The van der Waals surface area contributed by atoms with Crippen LogP contribution in [-0.2, 0) is 189 Å². The average molecular weight is 1650 g/mol. The van der Waals surface area contributed by atoms with E-state index >= 15 is 0 Å². The largest absolute Gasteiger partial charge is 0.479 e. The van der Waals surface area contributed by atoms with Crippen molar-refractivity contribution >= 4 is 107 Å². The van der Waals surface area contributed by atoms with E-state index in [-0.39, 0.29) is 26.4 Å². The molecule has 38 nitrogen and oxygen atoms in total. The Morgan fingerprint density at radius 1 is 0.216 bits per heavy atom. The van der Waals surface area contributed by atoms with Gasteiger partial charge in [0.2, 0.25) is 0 Å². The fraction of sp³-hybridized carbons (Fsp3) is 0.462. The van der Waals surface area contributed by atoms with Crippen molar-refractivity contribution in [3.8, 4) is 0 Å². The van der Waals surface area contributed by atoms with Crippen LogP contribution < -0.4 is 0 Å². The van der Waals surface area contributed by atoms with Gasteiger partial charge in [-0.3, -0.25) is 19.2 Å². The van der Waals surface area contributed by atoms with Crippen LogP contribution in [0, 0.1) is 0 Å². The van der Waals surface area contributed by atoms with Crippen LogP contribution in [0.3, 0.4) is 0 Å². The third-order valence-electron chi connectivity index (χ3n) is 13.3. The minimum Gasteiger partial charge on any atom is -0.479 e. The topological polar surface area (TPSA) is 536 Å². The molecule has 4 aromatic carbocycles. The van der Waals surface area contributed by atoms with Crippen molar-refractivity contribution in [3.05, 3.63) is 144 Å². The second kappa shape index (κ2) is 57.3. The highest BCUT2D eigenvalue weighted by atomic mass is 16.7. The Labute approximate surface area is 667 Å². The van der Waals surface area contributed by atoms with Crippen molar-refractivity contribution in [2.75, 3.05) is 0 Å². The van der Waals surface area contributed by atoms with Gasteiger partial charge in [-0.25, -0.2) is 67.1 Å². The standard InChI is InChI=1S/C21H26O10.C15H18O6.C14H20O10.C13H16O5.C10H12O3.C5H8O4/c1-12(18(23)27-11-17-9-7-6-8-10-17)29-20(25)14(3)31-21(26)15(4)30-19(24)13(2)28-16(5)22;1-10(21-15(18)11(2)20-12(3)16)14(17)19-9-13-7-5-4-6-8-13;1-6(11(16)17)22-13(19)8(3)24-14(20)9(4)23-12(18)7(2)21-10(5)15;1-9(14)12(15)18-10(2)13(16)17-8-11-6-4-3-5-7-11;1-8(11)10(12)13-7-9-5-3-2-4-6-9;1-3(5(7)8)9-4(2)6/h6-10,12-15H,11H2,1-5H3;4-8,10-11H,9H2,1-3H3;6-9H,1-5H3,(H,16,17);3-7,9-10,14H,8H2,1-2H3;2-6,8,11H,7H2,1H3;3H,1-2H3,(H,7,8)/t12-,13+,14-,15-;10-,11+;6-,7+,8-,9-;9-,10+;8-;3-/m111000/s1. The number of rotatable bonds is 34. The van der Waals surface area contributed by atoms with Gasteiger partial charge in [0.05, 0.1) is 0 Å². The lowest BCUT2D eigenvalue weighted by atomic mass is 10.2. The number of aliphatic hydroxyl groups excluding tert-OH is 2. The number of carboxylic acid groups (broad SMARTS) is 2. The molecule has 116 heavy (non-hydrogen) atoms. The van der Waals surface area contributed by atoms with Gasteiger partial charge in [-0.1, -0.05) is 121 Å². The summed E-state index contributed by atoms with van der Waals surface area (Å²) in [6.07, 6.45) is -17.1. The lowest BCUT2D eigenvalue weighted by Crippen LogP contribution is -2.37. The zero-order valence-corrected chi connectivity index (χ0v) is 67.1. The van der Waals surface area contributed by atoms with Crippen LogP contribution in [0.1, 0.15) is 147 Å². The Balaban J connectivity index is 0. The van der Waals surface area contributed by atoms with E-state index < -0.39 is 193 Å². The van der Waals surface area contributed by atoms with Gasteiger partial charge in [0.15, 0.2) is 73.2 Å². The van der Waals surface area contributed by atoms with E-state index in [0.717, 1.165) is 43.0 Å². The smallest absolute Gasteiger partial charge is 0.347 e. The van der Waals surface area contributed by atoms with Gasteiger partial charge < -0.3 is 96.2 Å². The van der Waals surface area contributed by atoms with Gasteiger partial charge in [0.1, 0.15) is 38.6 Å². The number of carbonyl (C=O) groups is 18.